The molecule has 0 aliphatic carbocycles. The van der Waals surface area contributed by atoms with E-state index < -0.39 is 0 Å². The molecule has 9 heteroatoms. The van der Waals surface area contributed by atoms with E-state index in [-0.39, 0.29) is 120 Å². The summed E-state index contributed by atoms with van der Waals surface area (Å²) in [5.74, 6) is 0. The Bertz CT molecular complexity index is 12.2. The van der Waals surface area contributed by atoms with E-state index in [1.165, 1.54) is 0 Å². The van der Waals surface area contributed by atoms with Gasteiger partial charge < -0.3 is 30.8 Å². The van der Waals surface area contributed by atoms with E-state index in [1.54, 1.807) is 0 Å². The van der Waals surface area contributed by atoms with Gasteiger partial charge in [0.15, 0.2) is 0 Å². The fourth-order valence-electron chi connectivity index (χ4n) is 0. The van der Waals surface area contributed by atoms with Crippen LogP contribution < -0.4 is 30.8 Å². The van der Waals surface area contributed by atoms with Crippen LogP contribution in [0.15, 0.2) is 0 Å². The summed E-state index contributed by atoms with van der Waals surface area (Å²) in [6, 6.07) is 0. The zero-order valence-corrected chi connectivity index (χ0v) is 17.0. The van der Waals surface area contributed by atoms with Crippen molar-refractivity contribution < 1.29 is 89.5 Å². The SMILES string of the molecule is N.N.N.N.N.[Au].[Ta].[Ta].[Ta]. The van der Waals surface area contributed by atoms with Crippen LogP contribution in [0.5, 0.6) is 0 Å². The molecule has 4 radical (unpaired) electrons. The van der Waals surface area contributed by atoms with Gasteiger partial charge in [-0.3, -0.25) is 0 Å². The Balaban J connectivity index is 0. The normalized spacial score (nSPS) is 0. The van der Waals surface area contributed by atoms with E-state index >= 15 is 0 Å². The zero-order chi connectivity index (χ0) is 0. The van der Waals surface area contributed by atoms with Gasteiger partial charge in [-0.1, -0.05) is 0 Å². The van der Waals surface area contributed by atoms with Crippen LogP contribution in [0.25, 0.3) is 0 Å². The van der Waals surface area contributed by atoms with Crippen molar-refractivity contribution in [3.05, 3.63) is 0 Å². The Hall–Kier alpha value is 2.76. The smallest absolute Gasteiger partial charge is 0 e. The molecule has 5 nitrogen and oxygen atoms in total. The van der Waals surface area contributed by atoms with Crippen LogP contribution >= 0.6 is 0 Å². The first kappa shape index (κ1) is 179. The van der Waals surface area contributed by atoms with Gasteiger partial charge in [-0.15, -0.1) is 0 Å². The largest absolute Gasteiger partial charge is 0.344 e. The summed E-state index contributed by atoms with van der Waals surface area (Å²) in [6.07, 6.45) is 0. The van der Waals surface area contributed by atoms with Gasteiger partial charge in [-0.05, 0) is 0 Å². The van der Waals surface area contributed by atoms with Gasteiger partial charge in [-0.2, -0.15) is 0 Å². The molecule has 0 saturated heterocycles. The van der Waals surface area contributed by atoms with Crippen LogP contribution in [-0.2, 0) is 89.5 Å². The van der Waals surface area contributed by atoms with E-state index in [9.17, 15) is 0 Å². The first-order valence-electron chi connectivity index (χ1n) is 0. The van der Waals surface area contributed by atoms with Gasteiger partial charge >= 0.3 is 0 Å². The van der Waals surface area contributed by atoms with Crippen molar-refractivity contribution >= 4 is 0 Å². The molecule has 0 aromatic rings. The number of rotatable bonds is 0. The van der Waals surface area contributed by atoms with E-state index in [0.717, 1.165) is 0 Å². The predicted octanol–water partition coefficient (Wildman–Crippen LogP) is 0.800. The molecule has 9 heavy (non-hydrogen) atoms. The van der Waals surface area contributed by atoms with Crippen molar-refractivity contribution in [2.75, 3.05) is 0 Å². The summed E-state index contributed by atoms with van der Waals surface area (Å²) < 4.78 is 0. The van der Waals surface area contributed by atoms with Crippen molar-refractivity contribution in [1.29, 1.82) is 0 Å². The number of hydrogen-bond donors (Lipinski definition) is 5. The molecule has 0 bridgehead atoms. The molecule has 66 valence electrons. The second kappa shape index (κ2) is 134. The van der Waals surface area contributed by atoms with Crippen LogP contribution in [-0.4, -0.2) is 0 Å². The average molecular weight is 825 g/mol. The van der Waals surface area contributed by atoms with Crippen LogP contribution in [0.4, 0.5) is 0 Å². The van der Waals surface area contributed by atoms with Gasteiger partial charge in [0.1, 0.15) is 0 Å². The monoisotopic (exact) mass is 825 g/mol. The molecule has 0 saturated carbocycles. The van der Waals surface area contributed by atoms with Gasteiger partial charge in [0.25, 0.3) is 0 Å². The van der Waals surface area contributed by atoms with Crippen LogP contribution in [0, 0.1) is 0 Å². The molecule has 0 unspecified atom stereocenters. The molecule has 0 aliphatic rings. The van der Waals surface area contributed by atoms with E-state index in [1.807, 2.05) is 0 Å². The standard InChI is InChI=1S/Au.5H3N.3Ta/h;5*1H3;;;. The molecule has 0 spiro atoms. The van der Waals surface area contributed by atoms with Gasteiger partial charge in [0.05, 0.1) is 0 Å². The topological polar surface area (TPSA) is 175 Å². The van der Waals surface area contributed by atoms with Crippen LogP contribution in [0.3, 0.4) is 0 Å². The summed E-state index contributed by atoms with van der Waals surface area (Å²) in [5, 5.41) is 0. The fourth-order valence-corrected chi connectivity index (χ4v) is 0. The molecule has 0 fully saturated rings. The second-order valence-corrected chi connectivity index (χ2v) is 0. The Morgan fingerprint density at radius 3 is 0.333 bits per heavy atom. The molecule has 0 aliphatic heterocycles. The summed E-state index contributed by atoms with van der Waals surface area (Å²) in [6.45, 7) is 0. The first-order chi connectivity index (χ1) is 0. The Kier molecular flexibility index (Phi) is 2670. The third-order valence-corrected chi connectivity index (χ3v) is 0. The molecule has 0 amide bonds. The van der Waals surface area contributed by atoms with Crippen molar-refractivity contribution in [1.82, 2.24) is 30.8 Å². The van der Waals surface area contributed by atoms with Crippen molar-refractivity contribution in [3.63, 3.8) is 0 Å². The maximum Gasteiger partial charge on any atom is 0 e. The minimum Gasteiger partial charge on any atom is -0.344 e. The summed E-state index contributed by atoms with van der Waals surface area (Å²) in [5.41, 5.74) is 0. The molecular formula is H15AuN5Ta3. The van der Waals surface area contributed by atoms with E-state index in [2.05, 4.69) is 0 Å². The van der Waals surface area contributed by atoms with E-state index in [4.69, 9.17) is 0 Å². The second-order valence-electron chi connectivity index (χ2n) is 0. The molecule has 0 rings (SSSR count). The van der Waals surface area contributed by atoms with E-state index in [0.29, 0.717) is 0 Å². The quantitative estimate of drug-likeness (QED) is 0.227. The molecule has 0 aromatic carbocycles. The molecule has 0 heterocycles. The van der Waals surface area contributed by atoms with Crippen molar-refractivity contribution in [2.45, 2.75) is 0 Å². The maximum atomic E-state index is 0. The van der Waals surface area contributed by atoms with Gasteiger partial charge in [-0.25, -0.2) is 0 Å². The third kappa shape index (κ3) is 108. The van der Waals surface area contributed by atoms with Gasteiger partial charge in [0.2, 0.25) is 0 Å². The first-order valence-corrected chi connectivity index (χ1v) is 0. The minimum absolute atomic E-state index is 0. The Morgan fingerprint density at radius 1 is 0.333 bits per heavy atom. The van der Waals surface area contributed by atoms with Crippen molar-refractivity contribution in [2.24, 2.45) is 0 Å². The summed E-state index contributed by atoms with van der Waals surface area (Å²) >= 11 is 0. The Labute approximate surface area is 119 Å². The third-order valence-electron chi connectivity index (χ3n) is 0. The zero-order valence-electron chi connectivity index (χ0n) is 5.18. The molecule has 0 aromatic heterocycles. The molecule has 15 N–H and O–H groups in total. The average Bonchev–Trinajstić information content (AvgIpc) is 0. The predicted molar refractivity (Wildman–Crippen MR) is 25.1 cm³/mol. The van der Waals surface area contributed by atoms with Crippen molar-refractivity contribution in [3.8, 4) is 0 Å². The fraction of sp³-hybridized carbons (Fsp3) is 0. The Morgan fingerprint density at radius 2 is 0.333 bits per heavy atom. The number of hydrogen-bond acceptors (Lipinski definition) is 5. The minimum atomic E-state index is 0. The van der Waals surface area contributed by atoms with Crippen LogP contribution in [0.1, 0.15) is 0 Å². The molecular weight excluding hydrogens is 810 g/mol. The molecule has 0 atom stereocenters. The van der Waals surface area contributed by atoms with Crippen LogP contribution in [0.2, 0.25) is 0 Å². The maximum absolute atomic E-state index is 0. The summed E-state index contributed by atoms with van der Waals surface area (Å²) in [7, 11) is 0. The van der Waals surface area contributed by atoms with Gasteiger partial charge in [0, 0.05) is 89.5 Å². The summed E-state index contributed by atoms with van der Waals surface area (Å²) in [4.78, 5) is 0.